The molecule has 2 N–H and O–H groups in total. The lowest BCUT2D eigenvalue weighted by Gasteiger charge is -2.49. The largest absolute Gasteiger partial charge is 0.481 e. The summed E-state index contributed by atoms with van der Waals surface area (Å²) >= 11 is 0. The van der Waals surface area contributed by atoms with Crippen molar-refractivity contribution in [3.63, 3.8) is 0 Å². The van der Waals surface area contributed by atoms with Gasteiger partial charge in [-0.1, -0.05) is 12.8 Å². The second-order valence-corrected chi connectivity index (χ2v) is 6.89. The molecule has 3 fully saturated rings. The second kappa shape index (κ2) is 5.48. The van der Waals surface area contributed by atoms with Crippen LogP contribution in [0.3, 0.4) is 0 Å². The minimum Gasteiger partial charge on any atom is -0.481 e. The number of rotatable bonds is 2. The van der Waals surface area contributed by atoms with E-state index in [1.165, 1.54) is 0 Å². The fourth-order valence-electron chi connectivity index (χ4n) is 4.05. The van der Waals surface area contributed by atoms with Crippen LogP contribution >= 0.6 is 0 Å². The van der Waals surface area contributed by atoms with Crippen molar-refractivity contribution in [2.24, 2.45) is 11.8 Å². The fraction of sp³-hybridized carbons (Fsp3) is 0.867. The summed E-state index contributed by atoms with van der Waals surface area (Å²) in [6, 6.07) is 0.0178. The topological polar surface area (TPSA) is 81.1 Å². The Bertz CT molecular complexity index is 435. The number of nitrogens with zero attached hydrogens (tertiary/aromatic N) is 2. The normalized spacial score (nSPS) is 33.3. The second-order valence-electron chi connectivity index (χ2n) is 6.89. The van der Waals surface area contributed by atoms with Gasteiger partial charge in [0, 0.05) is 38.0 Å². The maximum Gasteiger partial charge on any atom is 0.320 e. The molecular weight excluding hydrogens is 272 g/mol. The molecule has 0 aromatic rings. The van der Waals surface area contributed by atoms with Gasteiger partial charge in [0.15, 0.2) is 0 Å². The number of carbonyl (C=O) groups is 2. The van der Waals surface area contributed by atoms with Gasteiger partial charge in [-0.05, 0) is 19.3 Å². The van der Waals surface area contributed by atoms with Crippen LogP contribution in [0, 0.1) is 11.8 Å². The Morgan fingerprint density at radius 2 is 1.86 bits per heavy atom. The van der Waals surface area contributed by atoms with Gasteiger partial charge in [-0.3, -0.25) is 4.79 Å². The third-order valence-corrected chi connectivity index (χ3v) is 5.39. The maximum absolute atomic E-state index is 12.4. The van der Waals surface area contributed by atoms with E-state index in [-0.39, 0.29) is 24.3 Å². The van der Waals surface area contributed by atoms with E-state index in [0.29, 0.717) is 32.6 Å². The zero-order chi connectivity index (χ0) is 15.0. The van der Waals surface area contributed by atoms with E-state index in [9.17, 15) is 14.7 Å². The molecule has 2 amide bonds. The highest BCUT2D eigenvalue weighted by Gasteiger charge is 2.45. The first-order valence-corrected chi connectivity index (χ1v) is 7.96. The first-order valence-electron chi connectivity index (χ1n) is 7.96. The number of amides is 2. The Kier molecular flexibility index (Phi) is 3.82. The van der Waals surface area contributed by atoms with Gasteiger partial charge in [-0.2, -0.15) is 0 Å². The van der Waals surface area contributed by atoms with Crippen molar-refractivity contribution in [3.8, 4) is 0 Å². The molecule has 6 nitrogen and oxygen atoms in total. The average molecular weight is 296 g/mol. The molecule has 2 heterocycles. The third-order valence-electron chi connectivity index (χ3n) is 5.39. The van der Waals surface area contributed by atoms with Crippen molar-refractivity contribution in [2.75, 3.05) is 26.2 Å². The van der Waals surface area contributed by atoms with E-state index in [2.05, 4.69) is 0 Å². The molecule has 2 saturated heterocycles. The van der Waals surface area contributed by atoms with Gasteiger partial charge < -0.3 is 20.0 Å². The van der Waals surface area contributed by atoms with Gasteiger partial charge in [-0.25, -0.2) is 4.79 Å². The molecule has 2 unspecified atom stereocenters. The number of hydrogen-bond donors (Lipinski definition) is 2. The SMILES string of the molecule is O=C(O)CC1CN(C(=O)N2CCC3(O)CCCCC3C2)C1. The van der Waals surface area contributed by atoms with Crippen LogP contribution in [-0.2, 0) is 4.79 Å². The van der Waals surface area contributed by atoms with Crippen LogP contribution in [0.2, 0.25) is 0 Å². The number of carbonyl (C=O) groups excluding carboxylic acids is 1. The Hall–Kier alpha value is -1.30. The highest BCUT2D eigenvalue weighted by molar-refractivity contribution is 5.76. The van der Waals surface area contributed by atoms with Crippen molar-refractivity contribution < 1.29 is 19.8 Å². The fourth-order valence-corrected chi connectivity index (χ4v) is 4.05. The van der Waals surface area contributed by atoms with E-state index in [1.807, 2.05) is 4.90 Å². The molecule has 2 atom stereocenters. The van der Waals surface area contributed by atoms with Crippen LogP contribution in [0.4, 0.5) is 4.79 Å². The first-order chi connectivity index (χ1) is 9.98. The predicted molar refractivity (Wildman–Crippen MR) is 75.8 cm³/mol. The lowest BCUT2D eigenvalue weighted by Crippen LogP contribution is -2.60. The molecule has 1 aliphatic carbocycles. The van der Waals surface area contributed by atoms with Gasteiger partial charge in [0.05, 0.1) is 12.0 Å². The summed E-state index contributed by atoms with van der Waals surface area (Å²) in [7, 11) is 0. The van der Waals surface area contributed by atoms with E-state index in [0.717, 1.165) is 25.7 Å². The van der Waals surface area contributed by atoms with Gasteiger partial charge in [-0.15, -0.1) is 0 Å². The monoisotopic (exact) mass is 296 g/mol. The first kappa shape index (κ1) is 14.6. The quantitative estimate of drug-likeness (QED) is 0.800. The molecule has 118 valence electrons. The summed E-state index contributed by atoms with van der Waals surface area (Å²) < 4.78 is 0. The van der Waals surface area contributed by atoms with E-state index >= 15 is 0 Å². The van der Waals surface area contributed by atoms with Crippen molar-refractivity contribution in [2.45, 2.75) is 44.1 Å². The van der Waals surface area contributed by atoms with Gasteiger partial charge in [0.25, 0.3) is 0 Å². The Morgan fingerprint density at radius 3 is 2.57 bits per heavy atom. The number of likely N-dealkylation sites (tertiary alicyclic amines) is 2. The molecule has 0 bridgehead atoms. The summed E-state index contributed by atoms with van der Waals surface area (Å²) in [5, 5.41) is 19.4. The van der Waals surface area contributed by atoms with Crippen LogP contribution in [-0.4, -0.2) is 63.8 Å². The smallest absolute Gasteiger partial charge is 0.320 e. The zero-order valence-electron chi connectivity index (χ0n) is 12.3. The van der Waals surface area contributed by atoms with Crippen LogP contribution in [0.1, 0.15) is 38.5 Å². The number of hydrogen-bond acceptors (Lipinski definition) is 3. The molecule has 0 spiro atoms. The molecule has 21 heavy (non-hydrogen) atoms. The number of carboxylic acid groups (broad SMARTS) is 1. The van der Waals surface area contributed by atoms with Crippen LogP contribution < -0.4 is 0 Å². The molecule has 0 aromatic carbocycles. The van der Waals surface area contributed by atoms with E-state index in [1.54, 1.807) is 4.90 Å². The summed E-state index contributed by atoms with van der Waals surface area (Å²) in [4.78, 5) is 26.6. The van der Waals surface area contributed by atoms with Crippen molar-refractivity contribution >= 4 is 12.0 Å². The molecule has 6 heteroatoms. The van der Waals surface area contributed by atoms with Crippen LogP contribution in [0.15, 0.2) is 0 Å². The number of piperidine rings is 1. The standard InChI is InChI=1S/C15H24N2O4/c18-13(19)7-11-8-17(9-11)14(20)16-6-5-15(21)4-2-1-3-12(15)10-16/h11-12,21H,1-10H2,(H,18,19). The lowest BCUT2D eigenvalue weighted by atomic mass is 9.71. The van der Waals surface area contributed by atoms with Gasteiger partial charge >= 0.3 is 12.0 Å². The molecule has 1 saturated carbocycles. The Labute approximate surface area is 124 Å². The van der Waals surface area contributed by atoms with Crippen molar-refractivity contribution in [1.29, 1.82) is 0 Å². The zero-order valence-corrected chi connectivity index (χ0v) is 12.3. The Balaban J connectivity index is 1.52. The summed E-state index contributed by atoms with van der Waals surface area (Å²) in [6.07, 6.45) is 4.91. The van der Waals surface area contributed by atoms with Crippen molar-refractivity contribution in [3.05, 3.63) is 0 Å². The number of fused-ring (bicyclic) bond motifs is 1. The van der Waals surface area contributed by atoms with E-state index in [4.69, 9.17) is 5.11 Å². The summed E-state index contributed by atoms with van der Waals surface area (Å²) in [6.45, 7) is 2.37. The lowest BCUT2D eigenvalue weighted by molar-refractivity contribution is -0.139. The van der Waals surface area contributed by atoms with Crippen LogP contribution in [0.5, 0.6) is 0 Å². The highest BCUT2D eigenvalue weighted by Crippen LogP contribution is 2.40. The molecule has 0 aromatic heterocycles. The van der Waals surface area contributed by atoms with Crippen molar-refractivity contribution in [1.82, 2.24) is 9.80 Å². The average Bonchev–Trinajstić information content (AvgIpc) is 2.40. The molecule has 0 radical (unpaired) electrons. The number of aliphatic hydroxyl groups is 1. The molecule has 3 rings (SSSR count). The van der Waals surface area contributed by atoms with Gasteiger partial charge in [0.1, 0.15) is 0 Å². The Morgan fingerprint density at radius 1 is 1.10 bits per heavy atom. The molecular formula is C15H24N2O4. The summed E-state index contributed by atoms with van der Waals surface area (Å²) in [5.41, 5.74) is -0.560. The molecule has 2 aliphatic heterocycles. The maximum atomic E-state index is 12.4. The summed E-state index contributed by atoms with van der Waals surface area (Å²) in [5.74, 6) is -0.486. The van der Waals surface area contributed by atoms with E-state index < -0.39 is 11.6 Å². The minimum atomic E-state index is -0.794. The molecule has 3 aliphatic rings. The van der Waals surface area contributed by atoms with Gasteiger partial charge in [0.2, 0.25) is 0 Å². The van der Waals surface area contributed by atoms with Crippen LogP contribution in [0.25, 0.3) is 0 Å². The number of urea groups is 1. The number of carboxylic acids is 1. The predicted octanol–water partition coefficient (Wildman–Crippen LogP) is 1.14. The highest BCUT2D eigenvalue weighted by atomic mass is 16.4. The number of aliphatic carboxylic acids is 1. The minimum absolute atomic E-state index is 0.0178. The third kappa shape index (κ3) is 2.86.